The van der Waals surface area contributed by atoms with Gasteiger partial charge in [0, 0.05) is 13.2 Å². The number of hydrogen-bond donors (Lipinski definition) is 1. The number of aromatic nitrogens is 4. The Hall–Kier alpha value is -2.31. The molecule has 0 aliphatic carbocycles. The predicted molar refractivity (Wildman–Crippen MR) is 60.8 cm³/mol. The van der Waals surface area contributed by atoms with E-state index in [-0.39, 0.29) is 11.5 Å². The molecule has 0 bridgehead atoms. The molecule has 0 spiro atoms. The van der Waals surface area contributed by atoms with E-state index < -0.39 is 5.97 Å². The Kier molecular flexibility index (Phi) is 2.58. The first-order chi connectivity index (χ1) is 8.04. The standard InChI is InChI=1S/C10H13N5O2/c1-6-13-8(10(16)17-3)9(11)15(6)7-4-12-14(2)5-7/h4-5H,11H2,1-3H3. The number of methoxy groups -OCH3 is 1. The van der Waals surface area contributed by atoms with Gasteiger partial charge in [0.25, 0.3) is 0 Å². The Morgan fingerprint density at radius 2 is 2.24 bits per heavy atom. The molecule has 7 nitrogen and oxygen atoms in total. The van der Waals surface area contributed by atoms with Gasteiger partial charge >= 0.3 is 5.97 Å². The highest BCUT2D eigenvalue weighted by Crippen LogP contribution is 2.20. The first-order valence-corrected chi connectivity index (χ1v) is 4.96. The van der Waals surface area contributed by atoms with Crippen molar-refractivity contribution >= 4 is 11.8 Å². The summed E-state index contributed by atoms with van der Waals surface area (Å²) in [4.78, 5) is 15.5. The van der Waals surface area contributed by atoms with Gasteiger partial charge in [0.2, 0.25) is 0 Å². The fourth-order valence-corrected chi connectivity index (χ4v) is 1.65. The van der Waals surface area contributed by atoms with Crippen LogP contribution in [0.3, 0.4) is 0 Å². The van der Waals surface area contributed by atoms with Crippen molar-refractivity contribution in [1.82, 2.24) is 19.3 Å². The van der Waals surface area contributed by atoms with Gasteiger partial charge in [-0.25, -0.2) is 9.78 Å². The molecule has 0 aliphatic rings. The third kappa shape index (κ3) is 1.75. The smallest absolute Gasteiger partial charge is 0.360 e. The van der Waals surface area contributed by atoms with E-state index in [0.29, 0.717) is 5.82 Å². The van der Waals surface area contributed by atoms with Crippen LogP contribution in [0.2, 0.25) is 0 Å². The molecule has 2 N–H and O–H groups in total. The van der Waals surface area contributed by atoms with E-state index in [9.17, 15) is 4.79 Å². The van der Waals surface area contributed by atoms with Gasteiger partial charge in [-0.1, -0.05) is 0 Å². The number of anilines is 1. The zero-order valence-electron chi connectivity index (χ0n) is 9.84. The molecular weight excluding hydrogens is 222 g/mol. The highest BCUT2D eigenvalue weighted by atomic mass is 16.5. The summed E-state index contributed by atoms with van der Waals surface area (Å²) in [5, 5.41) is 4.05. The number of nitrogens with zero attached hydrogens (tertiary/aromatic N) is 4. The molecule has 0 atom stereocenters. The van der Waals surface area contributed by atoms with Crippen molar-refractivity contribution in [3.8, 4) is 5.69 Å². The lowest BCUT2D eigenvalue weighted by atomic mass is 10.4. The van der Waals surface area contributed by atoms with Gasteiger partial charge in [-0.05, 0) is 6.92 Å². The molecule has 0 aromatic carbocycles. The first kappa shape index (κ1) is 11.2. The van der Waals surface area contributed by atoms with E-state index in [0.717, 1.165) is 5.69 Å². The van der Waals surface area contributed by atoms with E-state index in [2.05, 4.69) is 14.8 Å². The lowest BCUT2D eigenvalue weighted by Crippen LogP contribution is -2.07. The van der Waals surface area contributed by atoms with Crippen molar-refractivity contribution in [2.75, 3.05) is 12.8 Å². The first-order valence-electron chi connectivity index (χ1n) is 4.96. The third-order valence-electron chi connectivity index (χ3n) is 2.41. The second-order valence-corrected chi connectivity index (χ2v) is 3.59. The van der Waals surface area contributed by atoms with Crippen LogP contribution >= 0.6 is 0 Å². The molecule has 17 heavy (non-hydrogen) atoms. The minimum Gasteiger partial charge on any atom is -0.464 e. The van der Waals surface area contributed by atoms with Gasteiger partial charge in [0.05, 0.1) is 19.0 Å². The van der Waals surface area contributed by atoms with Gasteiger partial charge in [-0.3, -0.25) is 9.25 Å². The summed E-state index contributed by atoms with van der Waals surface area (Å²) >= 11 is 0. The maximum atomic E-state index is 11.4. The average Bonchev–Trinajstić information content (AvgIpc) is 2.82. The number of nitrogens with two attached hydrogens (primary N) is 1. The second kappa shape index (κ2) is 3.93. The number of carbonyl (C=O) groups excluding carboxylic acids is 1. The van der Waals surface area contributed by atoms with Gasteiger partial charge in [0.1, 0.15) is 11.6 Å². The second-order valence-electron chi connectivity index (χ2n) is 3.59. The lowest BCUT2D eigenvalue weighted by Gasteiger charge is -2.03. The van der Waals surface area contributed by atoms with Crippen molar-refractivity contribution in [1.29, 1.82) is 0 Å². The van der Waals surface area contributed by atoms with E-state index in [4.69, 9.17) is 5.73 Å². The molecule has 0 saturated heterocycles. The minimum absolute atomic E-state index is 0.119. The summed E-state index contributed by atoms with van der Waals surface area (Å²) in [5.74, 6) is 0.312. The molecule has 0 unspecified atom stereocenters. The molecule has 7 heteroatoms. The quantitative estimate of drug-likeness (QED) is 0.755. The Bertz CT molecular complexity index is 569. The molecule has 0 saturated carbocycles. The normalized spacial score (nSPS) is 10.5. The van der Waals surface area contributed by atoms with Gasteiger partial charge in [-0.15, -0.1) is 0 Å². The van der Waals surface area contributed by atoms with Crippen molar-refractivity contribution < 1.29 is 9.53 Å². The lowest BCUT2D eigenvalue weighted by molar-refractivity contribution is 0.0596. The number of hydrogen-bond acceptors (Lipinski definition) is 5. The zero-order chi connectivity index (χ0) is 12.6. The molecule has 2 rings (SSSR count). The summed E-state index contributed by atoms with van der Waals surface area (Å²) in [6.45, 7) is 1.76. The molecule has 0 aliphatic heterocycles. The van der Waals surface area contributed by atoms with Crippen LogP contribution in [0.15, 0.2) is 12.4 Å². The van der Waals surface area contributed by atoms with Crippen molar-refractivity contribution in [2.24, 2.45) is 7.05 Å². The van der Waals surface area contributed by atoms with Gasteiger partial charge < -0.3 is 10.5 Å². The number of aryl methyl sites for hydroxylation is 2. The summed E-state index contributed by atoms with van der Waals surface area (Å²) in [6.07, 6.45) is 3.43. The Morgan fingerprint density at radius 1 is 1.53 bits per heavy atom. The number of carbonyl (C=O) groups is 1. The van der Waals surface area contributed by atoms with Gasteiger partial charge in [-0.2, -0.15) is 5.10 Å². The summed E-state index contributed by atoms with van der Waals surface area (Å²) in [7, 11) is 3.09. The molecule has 2 heterocycles. The molecule has 2 aromatic rings. The number of esters is 1. The van der Waals surface area contributed by atoms with Crippen LogP contribution in [-0.2, 0) is 11.8 Å². The monoisotopic (exact) mass is 235 g/mol. The van der Waals surface area contributed by atoms with Crippen LogP contribution in [0.5, 0.6) is 0 Å². The Morgan fingerprint density at radius 3 is 2.76 bits per heavy atom. The van der Waals surface area contributed by atoms with Crippen LogP contribution < -0.4 is 5.73 Å². The molecule has 2 aromatic heterocycles. The molecule has 90 valence electrons. The summed E-state index contributed by atoms with van der Waals surface area (Å²) < 4.78 is 7.91. The van der Waals surface area contributed by atoms with E-state index >= 15 is 0 Å². The van der Waals surface area contributed by atoms with Crippen LogP contribution in [0.1, 0.15) is 16.3 Å². The number of nitrogen functional groups attached to an aromatic ring is 1. The van der Waals surface area contributed by atoms with Crippen molar-refractivity contribution in [3.05, 3.63) is 23.9 Å². The Balaban J connectivity index is 2.56. The van der Waals surface area contributed by atoms with E-state index in [1.807, 2.05) is 0 Å². The van der Waals surface area contributed by atoms with Crippen molar-refractivity contribution in [2.45, 2.75) is 6.92 Å². The topological polar surface area (TPSA) is 88.0 Å². The molecule has 0 fully saturated rings. The average molecular weight is 235 g/mol. The molecule has 0 radical (unpaired) electrons. The molecular formula is C10H13N5O2. The Labute approximate surface area is 97.8 Å². The SMILES string of the molecule is COC(=O)c1nc(C)n(-c2cnn(C)c2)c1N. The fourth-order valence-electron chi connectivity index (χ4n) is 1.65. The maximum Gasteiger partial charge on any atom is 0.360 e. The third-order valence-corrected chi connectivity index (χ3v) is 2.41. The zero-order valence-corrected chi connectivity index (χ0v) is 9.84. The fraction of sp³-hybridized carbons (Fsp3) is 0.300. The van der Waals surface area contributed by atoms with E-state index in [1.165, 1.54) is 7.11 Å². The highest BCUT2D eigenvalue weighted by molar-refractivity contribution is 5.92. The highest BCUT2D eigenvalue weighted by Gasteiger charge is 2.20. The van der Waals surface area contributed by atoms with Crippen LogP contribution in [-0.4, -0.2) is 32.4 Å². The van der Waals surface area contributed by atoms with Crippen molar-refractivity contribution in [3.63, 3.8) is 0 Å². The summed E-state index contributed by atoms with van der Waals surface area (Å²) in [6, 6.07) is 0. The number of ether oxygens (including phenoxy) is 1. The largest absolute Gasteiger partial charge is 0.464 e. The minimum atomic E-state index is -0.548. The maximum absolute atomic E-state index is 11.4. The van der Waals surface area contributed by atoms with Crippen LogP contribution in [0.4, 0.5) is 5.82 Å². The van der Waals surface area contributed by atoms with Gasteiger partial charge in [0.15, 0.2) is 5.69 Å². The van der Waals surface area contributed by atoms with Crippen LogP contribution in [0.25, 0.3) is 5.69 Å². The van der Waals surface area contributed by atoms with Crippen LogP contribution in [0, 0.1) is 6.92 Å². The number of imidazole rings is 1. The predicted octanol–water partition coefficient (Wildman–Crippen LogP) is 0.283. The summed E-state index contributed by atoms with van der Waals surface area (Å²) in [5.41, 5.74) is 6.76. The van der Waals surface area contributed by atoms with E-state index in [1.54, 1.807) is 35.6 Å². The number of rotatable bonds is 2. The molecule has 0 amide bonds.